The number of aromatic nitrogens is 2. The van der Waals surface area contributed by atoms with Crippen LogP contribution in [0.3, 0.4) is 0 Å². The summed E-state index contributed by atoms with van der Waals surface area (Å²) in [5, 5.41) is 15.6. The molecule has 0 aliphatic rings. The Bertz CT molecular complexity index is 713. The van der Waals surface area contributed by atoms with Gasteiger partial charge in [-0.3, -0.25) is 4.79 Å². The number of aliphatic hydroxyl groups excluding tert-OH is 1. The Kier molecular flexibility index (Phi) is 5.04. The quantitative estimate of drug-likeness (QED) is 0.850. The van der Waals surface area contributed by atoms with Gasteiger partial charge in [-0.25, -0.2) is 0 Å². The Balaban J connectivity index is 2.29. The van der Waals surface area contributed by atoms with E-state index in [0.29, 0.717) is 28.2 Å². The number of amides is 1. The Morgan fingerprint density at radius 3 is 3.00 bits per heavy atom. The highest BCUT2D eigenvalue weighted by Crippen LogP contribution is 2.19. The largest absolute Gasteiger partial charge is 0.384 e. The summed E-state index contributed by atoms with van der Waals surface area (Å²) in [6.45, 7) is 3.65. The van der Waals surface area contributed by atoms with E-state index in [1.165, 1.54) is 0 Å². The molecule has 0 unspecified atom stereocenters. The molecule has 2 N–H and O–H groups in total. The zero-order valence-electron chi connectivity index (χ0n) is 11.8. The van der Waals surface area contributed by atoms with E-state index in [4.69, 9.17) is 5.11 Å². The smallest absolute Gasteiger partial charge is 0.269 e. The normalized spacial score (nSPS) is 9.86. The number of aliphatic hydroxyl groups is 1. The number of hydrogen-bond acceptors (Lipinski definition) is 5. The summed E-state index contributed by atoms with van der Waals surface area (Å²) in [7, 11) is 0. The number of benzene rings is 1. The highest BCUT2D eigenvalue weighted by molar-refractivity contribution is 7.08. The van der Waals surface area contributed by atoms with Crippen LogP contribution in [0.4, 0.5) is 5.69 Å². The van der Waals surface area contributed by atoms with Crippen molar-refractivity contribution in [3.05, 3.63) is 39.9 Å². The molecule has 0 bridgehead atoms. The standard InChI is InChI=1S/C15H15N3O2S/c1-3-12-14(21-18-17-12)15(20)16-13-7-6-10(2)9-11(13)5-4-8-19/h6-7,9,19H,3,8H2,1-2H3,(H,16,20). The van der Waals surface area contributed by atoms with E-state index in [1.54, 1.807) is 6.07 Å². The van der Waals surface area contributed by atoms with E-state index in [0.717, 1.165) is 17.1 Å². The summed E-state index contributed by atoms with van der Waals surface area (Å²) in [5.74, 6) is 5.20. The van der Waals surface area contributed by atoms with Crippen LogP contribution in [0.2, 0.25) is 0 Å². The van der Waals surface area contributed by atoms with Gasteiger partial charge in [0.05, 0.1) is 11.4 Å². The van der Waals surface area contributed by atoms with Crippen LogP contribution >= 0.6 is 11.5 Å². The average Bonchev–Trinajstić information content (AvgIpc) is 2.96. The number of carbonyl (C=O) groups is 1. The molecule has 0 saturated heterocycles. The molecule has 2 aromatic rings. The molecule has 0 aliphatic carbocycles. The van der Waals surface area contributed by atoms with Gasteiger partial charge >= 0.3 is 0 Å². The third kappa shape index (κ3) is 3.66. The highest BCUT2D eigenvalue weighted by atomic mass is 32.1. The molecule has 6 heteroatoms. The van der Waals surface area contributed by atoms with E-state index in [9.17, 15) is 4.79 Å². The van der Waals surface area contributed by atoms with Gasteiger partial charge < -0.3 is 10.4 Å². The number of carbonyl (C=O) groups excluding carboxylic acids is 1. The van der Waals surface area contributed by atoms with Gasteiger partial charge in [0.15, 0.2) is 0 Å². The van der Waals surface area contributed by atoms with Crippen LogP contribution < -0.4 is 5.32 Å². The van der Waals surface area contributed by atoms with Gasteiger partial charge in [0.2, 0.25) is 0 Å². The van der Waals surface area contributed by atoms with Crippen molar-refractivity contribution in [3.8, 4) is 11.8 Å². The van der Waals surface area contributed by atoms with Gasteiger partial charge in [0, 0.05) is 5.56 Å². The highest BCUT2D eigenvalue weighted by Gasteiger charge is 2.16. The van der Waals surface area contributed by atoms with Gasteiger partial charge in [0.1, 0.15) is 11.5 Å². The lowest BCUT2D eigenvalue weighted by molar-refractivity contribution is 0.102. The lowest BCUT2D eigenvalue weighted by Crippen LogP contribution is -2.13. The number of anilines is 1. The Morgan fingerprint density at radius 1 is 1.48 bits per heavy atom. The van der Waals surface area contributed by atoms with Crippen LogP contribution in [-0.2, 0) is 6.42 Å². The first-order chi connectivity index (χ1) is 10.2. The third-order valence-electron chi connectivity index (χ3n) is 2.82. The molecule has 21 heavy (non-hydrogen) atoms. The summed E-state index contributed by atoms with van der Waals surface area (Å²) in [5.41, 5.74) is 3.01. The second-order valence-corrected chi connectivity index (χ2v) is 5.12. The van der Waals surface area contributed by atoms with Gasteiger partial charge in [-0.2, -0.15) is 0 Å². The summed E-state index contributed by atoms with van der Waals surface area (Å²) in [6, 6.07) is 5.56. The molecule has 1 amide bonds. The molecule has 108 valence electrons. The fraction of sp³-hybridized carbons (Fsp3) is 0.267. The van der Waals surface area contributed by atoms with Crippen molar-refractivity contribution < 1.29 is 9.90 Å². The predicted octanol–water partition coefficient (Wildman–Crippen LogP) is 2.01. The van der Waals surface area contributed by atoms with Crippen molar-refractivity contribution in [2.75, 3.05) is 11.9 Å². The van der Waals surface area contributed by atoms with Gasteiger partial charge in [-0.15, -0.1) is 5.10 Å². The second kappa shape index (κ2) is 6.97. The summed E-state index contributed by atoms with van der Waals surface area (Å²) in [6.07, 6.45) is 0.657. The maximum atomic E-state index is 12.3. The zero-order valence-corrected chi connectivity index (χ0v) is 12.6. The molecular formula is C15H15N3O2S. The molecule has 0 atom stereocenters. The van der Waals surface area contributed by atoms with Gasteiger partial charge in [-0.05, 0) is 42.6 Å². The molecule has 1 aromatic heterocycles. The van der Waals surface area contributed by atoms with Crippen LogP contribution in [0.25, 0.3) is 0 Å². The monoisotopic (exact) mass is 301 g/mol. The predicted molar refractivity (Wildman–Crippen MR) is 82.4 cm³/mol. The second-order valence-electron chi connectivity index (χ2n) is 4.37. The molecule has 0 fully saturated rings. The number of hydrogen-bond donors (Lipinski definition) is 2. The fourth-order valence-corrected chi connectivity index (χ4v) is 2.44. The minimum Gasteiger partial charge on any atom is -0.384 e. The molecule has 2 rings (SSSR count). The number of aryl methyl sites for hydroxylation is 2. The first kappa shape index (κ1) is 15.2. The van der Waals surface area contributed by atoms with Crippen LogP contribution in [0.5, 0.6) is 0 Å². The first-order valence-corrected chi connectivity index (χ1v) is 7.26. The lowest BCUT2D eigenvalue weighted by atomic mass is 10.1. The van der Waals surface area contributed by atoms with Crippen molar-refractivity contribution in [1.29, 1.82) is 0 Å². The van der Waals surface area contributed by atoms with E-state index in [2.05, 4.69) is 26.7 Å². The molecule has 1 heterocycles. The van der Waals surface area contributed by atoms with Crippen molar-refractivity contribution in [2.24, 2.45) is 0 Å². The molecule has 5 nitrogen and oxygen atoms in total. The Morgan fingerprint density at radius 2 is 2.29 bits per heavy atom. The van der Waals surface area contributed by atoms with E-state index in [1.807, 2.05) is 26.0 Å². The molecule has 0 radical (unpaired) electrons. The van der Waals surface area contributed by atoms with Crippen molar-refractivity contribution in [1.82, 2.24) is 9.59 Å². The summed E-state index contributed by atoms with van der Waals surface area (Å²) >= 11 is 1.08. The van der Waals surface area contributed by atoms with Crippen molar-refractivity contribution in [3.63, 3.8) is 0 Å². The zero-order chi connectivity index (χ0) is 15.2. The maximum absolute atomic E-state index is 12.3. The van der Waals surface area contributed by atoms with Crippen LogP contribution in [-0.4, -0.2) is 27.2 Å². The average molecular weight is 301 g/mol. The Labute approximate surface area is 127 Å². The van der Waals surface area contributed by atoms with E-state index < -0.39 is 0 Å². The molecule has 0 saturated carbocycles. The number of rotatable bonds is 3. The van der Waals surface area contributed by atoms with Crippen molar-refractivity contribution >= 4 is 23.1 Å². The molecule has 1 aromatic carbocycles. The minimum absolute atomic E-state index is 0.222. The van der Waals surface area contributed by atoms with Gasteiger partial charge in [0.25, 0.3) is 5.91 Å². The molecule has 0 spiro atoms. The van der Waals surface area contributed by atoms with Crippen LogP contribution in [0.1, 0.15) is 33.4 Å². The topological polar surface area (TPSA) is 75.1 Å². The molecular weight excluding hydrogens is 286 g/mol. The lowest BCUT2D eigenvalue weighted by Gasteiger charge is -2.07. The number of nitrogens with zero attached hydrogens (tertiary/aromatic N) is 2. The van der Waals surface area contributed by atoms with Crippen LogP contribution in [0.15, 0.2) is 18.2 Å². The van der Waals surface area contributed by atoms with Crippen molar-refractivity contribution in [2.45, 2.75) is 20.3 Å². The first-order valence-electron chi connectivity index (χ1n) is 6.48. The maximum Gasteiger partial charge on any atom is 0.269 e. The SMILES string of the molecule is CCc1nnsc1C(=O)Nc1ccc(C)cc1C#CCO. The summed E-state index contributed by atoms with van der Waals surface area (Å²) in [4.78, 5) is 12.8. The van der Waals surface area contributed by atoms with E-state index in [-0.39, 0.29) is 12.5 Å². The Hall–Kier alpha value is -2.23. The van der Waals surface area contributed by atoms with Gasteiger partial charge in [-0.1, -0.05) is 29.3 Å². The van der Waals surface area contributed by atoms with Crippen LogP contribution in [0, 0.1) is 18.8 Å². The molecule has 0 aliphatic heterocycles. The fourth-order valence-electron chi connectivity index (χ4n) is 1.80. The summed E-state index contributed by atoms with van der Waals surface area (Å²) < 4.78 is 3.81. The third-order valence-corrected chi connectivity index (χ3v) is 3.59. The number of nitrogens with one attached hydrogen (secondary N) is 1. The minimum atomic E-state index is -0.238. The van der Waals surface area contributed by atoms with E-state index >= 15 is 0 Å².